The van der Waals surface area contributed by atoms with Crippen molar-refractivity contribution in [2.24, 2.45) is 4.99 Å². The van der Waals surface area contributed by atoms with Gasteiger partial charge in [-0.2, -0.15) is 0 Å². The molecule has 0 atom stereocenters. The minimum absolute atomic E-state index is 0.927. The topological polar surface area (TPSA) is 30.2 Å². The van der Waals surface area contributed by atoms with Crippen molar-refractivity contribution in [2.45, 2.75) is 13.0 Å². The highest BCUT2D eigenvalue weighted by atomic mass is 79.9. The Morgan fingerprint density at radius 1 is 1.13 bits per heavy atom. The zero-order valence-corrected chi connectivity index (χ0v) is 14.4. The normalized spacial score (nSPS) is 16.3. The highest BCUT2D eigenvalue weighted by molar-refractivity contribution is 9.10. The molecule has 0 unspecified atom stereocenters. The highest BCUT2D eigenvalue weighted by Crippen LogP contribution is 2.29. The Labute approximate surface area is 143 Å². The number of allylic oxidation sites excluding steroid dienone is 1. The molecule has 0 fully saturated rings. The molecular formula is C19H16BrN3. The molecule has 0 saturated carbocycles. The molecule has 0 amide bonds. The van der Waals surface area contributed by atoms with Gasteiger partial charge >= 0.3 is 0 Å². The van der Waals surface area contributed by atoms with Crippen molar-refractivity contribution in [2.75, 3.05) is 7.05 Å². The molecule has 3 aromatic rings. The van der Waals surface area contributed by atoms with Crippen molar-refractivity contribution >= 4 is 38.5 Å². The van der Waals surface area contributed by atoms with Crippen LogP contribution < -0.4 is 5.49 Å². The standard InChI is InChI=1S/C19H16BrN3/c1-21-19-15-7-3-5-9-17(15)22-18-14(10-11-23(18)19)12-13-6-2-4-8-16(13)20/h2-9,12H,10-11H2,1H3/b14-12+,21-19+. The number of para-hydroxylation sites is 1. The van der Waals surface area contributed by atoms with E-state index in [1.807, 2.05) is 25.2 Å². The van der Waals surface area contributed by atoms with Crippen LogP contribution in [0.1, 0.15) is 17.8 Å². The maximum Gasteiger partial charge on any atom is 0.138 e. The van der Waals surface area contributed by atoms with E-state index in [2.05, 4.69) is 61.9 Å². The summed E-state index contributed by atoms with van der Waals surface area (Å²) >= 11 is 3.62. The fraction of sp³-hybridized carbons (Fsp3) is 0.158. The van der Waals surface area contributed by atoms with Gasteiger partial charge in [0, 0.05) is 23.5 Å². The average Bonchev–Trinajstić information content (AvgIpc) is 2.97. The summed E-state index contributed by atoms with van der Waals surface area (Å²) < 4.78 is 3.33. The summed E-state index contributed by atoms with van der Waals surface area (Å²) in [5.74, 6) is 1.03. The first-order chi connectivity index (χ1) is 11.3. The van der Waals surface area contributed by atoms with Crippen molar-refractivity contribution in [1.29, 1.82) is 0 Å². The van der Waals surface area contributed by atoms with E-state index >= 15 is 0 Å². The largest absolute Gasteiger partial charge is 0.310 e. The van der Waals surface area contributed by atoms with Gasteiger partial charge in [-0.1, -0.05) is 46.3 Å². The second-order valence-corrected chi connectivity index (χ2v) is 6.45. The molecule has 1 aromatic heterocycles. The minimum Gasteiger partial charge on any atom is -0.310 e. The molecular weight excluding hydrogens is 350 g/mol. The van der Waals surface area contributed by atoms with Crippen LogP contribution in [0.2, 0.25) is 0 Å². The molecule has 1 aliphatic heterocycles. The minimum atomic E-state index is 0.927. The van der Waals surface area contributed by atoms with E-state index in [-0.39, 0.29) is 0 Å². The lowest BCUT2D eigenvalue weighted by Gasteiger charge is -2.08. The zero-order chi connectivity index (χ0) is 15.8. The Hall–Kier alpha value is -2.20. The summed E-state index contributed by atoms with van der Waals surface area (Å²) in [6.07, 6.45) is 3.21. The quantitative estimate of drug-likeness (QED) is 0.633. The SMILES string of the molecule is C/N=c1\c2ccccc2nc2n1CC/C2=C\c1ccccc1Br. The van der Waals surface area contributed by atoms with Crippen LogP contribution in [0.5, 0.6) is 0 Å². The molecule has 0 aliphatic carbocycles. The van der Waals surface area contributed by atoms with Crippen LogP contribution in [0.15, 0.2) is 58.0 Å². The monoisotopic (exact) mass is 365 g/mol. The first kappa shape index (κ1) is 14.4. The van der Waals surface area contributed by atoms with Crippen LogP contribution in [0, 0.1) is 0 Å². The molecule has 114 valence electrons. The lowest BCUT2D eigenvalue weighted by Crippen LogP contribution is -2.22. The number of fused-ring (bicyclic) bond motifs is 2. The number of nitrogens with zero attached hydrogens (tertiary/aromatic N) is 3. The number of rotatable bonds is 1. The summed E-state index contributed by atoms with van der Waals surface area (Å²) in [4.78, 5) is 9.41. The fourth-order valence-corrected chi connectivity index (χ4v) is 3.54. The van der Waals surface area contributed by atoms with E-state index in [1.54, 1.807) is 0 Å². The lowest BCUT2D eigenvalue weighted by molar-refractivity contribution is 0.709. The van der Waals surface area contributed by atoms with Crippen molar-refractivity contribution in [3.63, 3.8) is 0 Å². The third-order valence-electron chi connectivity index (χ3n) is 4.22. The van der Waals surface area contributed by atoms with Crippen molar-refractivity contribution in [3.8, 4) is 0 Å². The first-order valence-corrected chi connectivity index (χ1v) is 8.45. The van der Waals surface area contributed by atoms with Gasteiger partial charge in [-0.3, -0.25) is 4.99 Å². The molecule has 0 saturated heterocycles. The lowest BCUT2D eigenvalue weighted by atomic mass is 10.1. The van der Waals surface area contributed by atoms with Crippen molar-refractivity contribution in [3.05, 3.63) is 69.9 Å². The predicted molar refractivity (Wildman–Crippen MR) is 97.9 cm³/mol. The van der Waals surface area contributed by atoms with Crippen LogP contribution in [0.25, 0.3) is 22.6 Å². The van der Waals surface area contributed by atoms with E-state index in [4.69, 9.17) is 4.98 Å². The highest BCUT2D eigenvalue weighted by Gasteiger charge is 2.19. The van der Waals surface area contributed by atoms with Gasteiger partial charge in [0.15, 0.2) is 0 Å². The molecule has 2 aromatic carbocycles. The molecule has 4 heteroatoms. The molecule has 2 heterocycles. The number of benzene rings is 2. The Bertz CT molecular complexity index is 999. The van der Waals surface area contributed by atoms with Gasteiger partial charge in [-0.15, -0.1) is 0 Å². The molecule has 0 bridgehead atoms. The molecule has 3 nitrogen and oxygen atoms in total. The second-order valence-electron chi connectivity index (χ2n) is 5.59. The Morgan fingerprint density at radius 3 is 2.74 bits per heavy atom. The Morgan fingerprint density at radius 2 is 1.91 bits per heavy atom. The van der Waals surface area contributed by atoms with E-state index in [0.29, 0.717) is 0 Å². The third kappa shape index (κ3) is 2.43. The van der Waals surface area contributed by atoms with Gasteiger partial charge in [0.2, 0.25) is 0 Å². The second kappa shape index (κ2) is 5.78. The van der Waals surface area contributed by atoms with Crippen molar-refractivity contribution in [1.82, 2.24) is 9.55 Å². The van der Waals surface area contributed by atoms with E-state index in [1.165, 1.54) is 11.1 Å². The van der Waals surface area contributed by atoms with Gasteiger partial charge in [0.05, 0.1) is 5.52 Å². The van der Waals surface area contributed by atoms with Crippen LogP contribution in [0.4, 0.5) is 0 Å². The van der Waals surface area contributed by atoms with E-state index in [9.17, 15) is 0 Å². The van der Waals surface area contributed by atoms with Crippen LogP contribution in [-0.4, -0.2) is 16.6 Å². The predicted octanol–water partition coefficient (Wildman–Crippen LogP) is 4.27. The van der Waals surface area contributed by atoms with Crippen LogP contribution in [-0.2, 0) is 6.54 Å². The Balaban J connectivity index is 1.96. The summed E-state index contributed by atoms with van der Waals surface area (Å²) in [7, 11) is 1.85. The molecule has 4 rings (SSSR count). The van der Waals surface area contributed by atoms with Crippen LogP contribution >= 0.6 is 15.9 Å². The van der Waals surface area contributed by atoms with E-state index in [0.717, 1.165) is 39.7 Å². The molecule has 0 spiro atoms. The van der Waals surface area contributed by atoms with Crippen LogP contribution in [0.3, 0.4) is 0 Å². The first-order valence-electron chi connectivity index (χ1n) is 7.66. The number of aromatic nitrogens is 2. The molecule has 0 radical (unpaired) electrons. The number of hydrogen-bond donors (Lipinski definition) is 0. The summed E-state index contributed by atoms with van der Waals surface area (Å²) in [5.41, 5.74) is 4.45. The summed E-state index contributed by atoms with van der Waals surface area (Å²) in [6, 6.07) is 16.5. The summed E-state index contributed by atoms with van der Waals surface area (Å²) in [5, 5.41) is 1.11. The third-order valence-corrected chi connectivity index (χ3v) is 4.94. The molecule has 1 aliphatic rings. The van der Waals surface area contributed by atoms with Gasteiger partial charge in [-0.25, -0.2) is 4.98 Å². The fourth-order valence-electron chi connectivity index (χ4n) is 3.14. The number of hydrogen-bond acceptors (Lipinski definition) is 2. The van der Waals surface area contributed by atoms with Crippen molar-refractivity contribution < 1.29 is 0 Å². The zero-order valence-electron chi connectivity index (χ0n) is 12.8. The Kier molecular flexibility index (Phi) is 3.62. The smallest absolute Gasteiger partial charge is 0.138 e. The maximum atomic E-state index is 4.89. The average molecular weight is 366 g/mol. The molecule has 23 heavy (non-hydrogen) atoms. The summed E-state index contributed by atoms with van der Waals surface area (Å²) in [6.45, 7) is 0.927. The van der Waals surface area contributed by atoms with Gasteiger partial charge < -0.3 is 4.57 Å². The van der Waals surface area contributed by atoms with Gasteiger partial charge in [0.25, 0.3) is 0 Å². The molecule has 0 N–H and O–H groups in total. The van der Waals surface area contributed by atoms with E-state index < -0.39 is 0 Å². The number of halogens is 1. The van der Waals surface area contributed by atoms with Gasteiger partial charge in [0.1, 0.15) is 11.3 Å². The maximum absolute atomic E-state index is 4.89. The van der Waals surface area contributed by atoms with Gasteiger partial charge in [-0.05, 0) is 41.8 Å².